The van der Waals surface area contributed by atoms with Crippen molar-refractivity contribution >= 4 is 97.9 Å². The highest BCUT2D eigenvalue weighted by Gasteiger charge is 2.22. The molecule has 14 rings (SSSR count). The standard InChI is InChI=1S/C57H34N4O2S/c1-2-13-35(14-3-1)61-45-22-7-4-17-41(45)52-36(18-11-23-46(52)61)33-28-30-48-44(31-33)53-42(20-12-25-49(53)62-48)56-58-55(34-27-29-38-37-15-5-8-24-47(37)63-50(38)32-34)59-57(60-56)43-21-10-19-40-39-16-6-9-26-51(39)64-54(40)43/h1-10,12-17,19-32H,11,18H2. The van der Waals surface area contributed by atoms with E-state index in [1.54, 1.807) is 11.3 Å². The minimum atomic E-state index is 0.572. The summed E-state index contributed by atoms with van der Waals surface area (Å²) in [4.78, 5) is 15.9. The molecule has 6 nitrogen and oxygen atoms in total. The quantitative estimate of drug-likeness (QED) is 0.173. The summed E-state index contributed by atoms with van der Waals surface area (Å²) in [5.74, 6) is 1.76. The van der Waals surface area contributed by atoms with Crippen LogP contribution in [0.5, 0.6) is 0 Å². The topological polar surface area (TPSA) is 69.9 Å². The summed E-state index contributed by atoms with van der Waals surface area (Å²) in [7, 11) is 0. The first kappa shape index (κ1) is 35.5. The summed E-state index contributed by atoms with van der Waals surface area (Å²) in [6.07, 6.45) is 4.28. The van der Waals surface area contributed by atoms with Gasteiger partial charge in [-0.15, -0.1) is 11.3 Å². The molecule has 0 amide bonds. The Morgan fingerprint density at radius 1 is 0.469 bits per heavy atom. The second kappa shape index (κ2) is 13.7. The van der Waals surface area contributed by atoms with Crippen molar-refractivity contribution in [3.8, 4) is 39.9 Å². The van der Waals surface area contributed by atoms with Crippen molar-refractivity contribution in [1.29, 1.82) is 0 Å². The first-order chi connectivity index (χ1) is 31.7. The molecule has 0 fully saturated rings. The molecule has 13 aromatic rings. The minimum Gasteiger partial charge on any atom is -0.456 e. The first-order valence-corrected chi connectivity index (χ1v) is 22.5. The van der Waals surface area contributed by atoms with E-state index in [1.165, 1.54) is 48.1 Å². The number of fused-ring (bicyclic) bond motifs is 12. The van der Waals surface area contributed by atoms with Crippen molar-refractivity contribution < 1.29 is 8.83 Å². The van der Waals surface area contributed by atoms with Crippen molar-refractivity contribution in [3.05, 3.63) is 192 Å². The number of aromatic nitrogens is 4. The maximum Gasteiger partial charge on any atom is 0.165 e. The lowest BCUT2D eigenvalue weighted by Crippen LogP contribution is -2.32. The monoisotopic (exact) mass is 838 g/mol. The molecule has 0 radical (unpaired) electrons. The molecule has 0 saturated heterocycles. The van der Waals surface area contributed by atoms with Gasteiger partial charge >= 0.3 is 0 Å². The predicted molar refractivity (Wildman–Crippen MR) is 262 cm³/mol. The van der Waals surface area contributed by atoms with E-state index >= 15 is 0 Å². The highest BCUT2D eigenvalue weighted by atomic mass is 32.1. The van der Waals surface area contributed by atoms with Gasteiger partial charge in [0.25, 0.3) is 0 Å². The Bertz CT molecular complexity index is 4210. The fourth-order valence-corrected chi connectivity index (χ4v) is 11.3. The zero-order valence-corrected chi connectivity index (χ0v) is 35.1. The van der Waals surface area contributed by atoms with Crippen LogP contribution in [0.25, 0.3) is 126 Å². The van der Waals surface area contributed by atoms with Crippen LogP contribution in [-0.4, -0.2) is 19.5 Å². The molecule has 64 heavy (non-hydrogen) atoms. The van der Waals surface area contributed by atoms with Crippen molar-refractivity contribution in [2.45, 2.75) is 12.8 Å². The van der Waals surface area contributed by atoms with E-state index in [0.29, 0.717) is 17.5 Å². The van der Waals surface area contributed by atoms with Gasteiger partial charge in [-0.05, 0) is 90.7 Å². The van der Waals surface area contributed by atoms with E-state index < -0.39 is 0 Å². The Morgan fingerprint density at radius 2 is 1.14 bits per heavy atom. The Morgan fingerprint density at radius 3 is 2.06 bits per heavy atom. The molecule has 8 aromatic carbocycles. The molecule has 0 aliphatic heterocycles. The second-order valence-corrected chi connectivity index (χ2v) is 17.6. The van der Waals surface area contributed by atoms with E-state index in [4.69, 9.17) is 23.8 Å². The number of furan rings is 2. The number of rotatable bonds is 5. The molecular weight excluding hydrogens is 805 g/mol. The van der Waals surface area contributed by atoms with Gasteiger partial charge in [0.05, 0.1) is 10.9 Å². The SMILES string of the molecule is C1=c2c(c3ccccc3n2-c2ccccc2)=C(c2ccc3oc4cccc(-c5nc(-c6ccc7c(c6)oc6ccccc67)nc(-c6cccc7c6sc6ccccc67)n5)c4c3c2)CC1. The summed E-state index contributed by atoms with van der Waals surface area (Å²) in [6.45, 7) is 0. The van der Waals surface area contributed by atoms with E-state index in [2.05, 4.69) is 156 Å². The van der Waals surface area contributed by atoms with Crippen LogP contribution in [0.2, 0.25) is 0 Å². The maximum atomic E-state index is 6.66. The van der Waals surface area contributed by atoms with Crippen LogP contribution >= 0.6 is 11.3 Å². The predicted octanol–water partition coefficient (Wildman–Crippen LogP) is 13.8. The summed E-state index contributed by atoms with van der Waals surface area (Å²) in [6, 6.07) is 61.7. The fourth-order valence-electron chi connectivity index (χ4n) is 10.1. The normalized spacial score (nSPS) is 13.0. The van der Waals surface area contributed by atoms with Crippen molar-refractivity contribution in [2.24, 2.45) is 0 Å². The molecule has 0 bridgehead atoms. The largest absolute Gasteiger partial charge is 0.456 e. The zero-order valence-electron chi connectivity index (χ0n) is 34.2. The van der Waals surface area contributed by atoms with Gasteiger partial charge in [0, 0.05) is 74.7 Å². The van der Waals surface area contributed by atoms with E-state index in [-0.39, 0.29) is 0 Å². The van der Waals surface area contributed by atoms with Gasteiger partial charge in [0.15, 0.2) is 17.5 Å². The molecule has 5 aromatic heterocycles. The smallest absolute Gasteiger partial charge is 0.165 e. The third-order valence-electron chi connectivity index (χ3n) is 13.0. The van der Waals surface area contributed by atoms with Crippen LogP contribution in [0.15, 0.2) is 185 Å². The third-order valence-corrected chi connectivity index (χ3v) is 14.2. The second-order valence-electron chi connectivity index (χ2n) is 16.6. The number of hydrogen-bond donors (Lipinski definition) is 0. The molecular formula is C57H34N4O2S. The van der Waals surface area contributed by atoms with Gasteiger partial charge in [0.1, 0.15) is 22.3 Å². The molecule has 0 saturated carbocycles. The number of nitrogens with zero attached hydrogens (tertiary/aromatic N) is 4. The molecule has 0 N–H and O–H groups in total. The van der Waals surface area contributed by atoms with E-state index in [9.17, 15) is 0 Å². The lowest BCUT2D eigenvalue weighted by molar-refractivity contribution is 0.668. The van der Waals surface area contributed by atoms with Crippen LogP contribution in [0, 0.1) is 0 Å². The zero-order chi connectivity index (χ0) is 41.9. The third kappa shape index (κ3) is 5.28. The first-order valence-electron chi connectivity index (χ1n) is 21.6. The number of hydrogen-bond acceptors (Lipinski definition) is 6. The van der Waals surface area contributed by atoms with Crippen LogP contribution in [0.3, 0.4) is 0 Å². The average Bonchev–Trinajstić information content (AvgIpc) is 4.12. The summed E-state index contributed by atoms with van der Waals surface area (Å²) in [5, 5.41) is 10.3. The van der Waals surface area contributed by atoms with Crippen LogP contribution in [0.1, 0.15) is 18.4 Å². The molecule has 0 atom stereocenters. The van der Waals surface area contributed by atoms with Gasteiger partial charge in [-0.2, -0.15) is 0 Å². The van der Waals surface area contributed by atoms with Gasteiger partial charge < -0.3 is 13.4 Å². The van der Waals surface area contributed by atoms with Crippen LogP contribution in [-0.2, 0) is 0 Å². The Balaban J connectivity index is 1.01. The molecule has 0 unspecified atom stereocenters. The van der Waals surface area contributed by atoms with E-state index in [0.717, 1.165) is 83.8 Å². The fraction of sp³-hybridized carbons (Fsp3) is 0.0351. The van der Waals surface area contributed by atoms with E-state index in [1.807, 2.05) is 30.3 Å². The average molecular weight is 839 g/mol. The van der Waals surface area contributed by atoms with Crippen LogP contribution < -0.4 is 10.6 Å². The van der Waals surface area contributed by atoms with Gasteiger partial charge in [-0.3, -0.25) is 0 Å². The molecule has 1 aliphatic rings. The molecule has 300 valence electrons. The van der Waals surface area contributed by atoms with Crippen molar-refractivity contribution in [1.82, 2.24) is 19.5 Å². The van der Waals surface area contributed by atoms with Gasteiger partial charge in [-0.1, -0.05) is 115 Å². The van der Waals surface area contributed by atoms with Crippen molar-refractivity contribution in [2.75, 3.05) is 0 Å². The summed E-state index contributed by atoms with van der Waals surface area (Å²) >= 11 is 1.77. The Labute approximate surface area is 369 Å². The molecule has 5 heterocycles. The maximum absolute atomic E-state index is 6.66. The molecule has 0 spiro atoms. The van der Waals surface area contributed by atoms with Crippen LogP contribution in [0.4, 0.5) is 0 Å². The Hall–Kier alpha value is -8.13. The lowest BCUT2D eigenvalue weighted by Gasteiger charge is -2.12. The highest BCUT2D eigenvalue weighted by Crippen LogP contribution is 2.42. The minimum absolute atomic E-state index is 0.572. The summed E-state index contributed by atoms with van der Waals surface area (Å²) in [5.41, 5.74) is 10.8. The molecule has 1 aliphatic carbocycles. The number of benzene rings is 8. The van der Waals surface area contributed by atoms with Gasteiger partial charge in [-0.25, -0.2) is 15.0 Å². The van der Waals surface area contributed by atoms with Gasteiger partial charge in [0.2, 0.25) is 0 Å². The van der Waals surface area contributed by atoms with Crippen molar-refractivity contribution in [3.63, 3.8) is 0 Å². The Kier molecular flexibility index (Phi) is 7.58. The molecule has 7 heteroatoms. The highest BCUT2D eigenvalue weighted by molar-refractivity contribution is 7.26. The number of para-hydroxylation sites is 3. The number of thiophene rings is 1. The summed E-state index contributed by atoms with van der Waals surface area (Å²) < 4.78 is 17.8. The lowest BCUT2D eigenvalue weighted by atomic mass is 9.93.